The van der Waals surface area contributed by atoms with Gasteiger partial charge in [-0.25, -0.2) is 5.48 Å². The molecule has 1 fully saturated rings. The molecule has 5 nitrogen and oxygen atoms in total. The standard InChI is InChI=1S/C8H16N2O3/c1-8(12,7(11)9-13)6-4-3-5-10(6)2/h6,12-13H,3-5H2,1-2H3,(H,9,11). The summed E-state index contributed by atoms with van der Waals surface area (Å²) in [6.45, 7) is 2.30. The number of likely N-dealkylation sites (tertiary alicyclic amines) is 1. The van der Waals surface area contributed by atoms with Crippen LogP contribution in [0.5, 0.6) is 0 Å². The summed E-state index contributed by atoms with van der Waals surface area (Å²) in [4.78, 5) is 13.1. The van der Waals surface area contributed by atoms with E-state index < -0.39 is 11.5 Å². The lowest BCUT2D eigenvalue weighted by molar-refractivity contribution is -0.152. The number of likely N-dealkylation sites (N-methyl/N-ethyl adjacent to an activating group) is 1. The Hall–Kier alpha value is -0.650. The minimum absolute atomic E-state index is 0.209. The molecular formula is C8H16N2O3. The molecule has 3 N–H and O–H groups in total. The van der Waals surface area contributed by atoms with Gasteiger partial charge in [-0.15, -0.1) is 0 Å². The van der Waals surface area contributed by atoms with Crippen LogP contribution in [-0.2, 0) is 4.79 Å². The molecule has 1 aliphatic heterocycles. The highest BCUT2D eigenvalue weighted by Crippen LogP contribution is 2.25. The number of aliphatic hydroxyl groups is 1. The van der Waals surface area contributed by atoms with E-state index in [1.807, 2.05) is 11.9 Å². The van der Waals surface area contributed by atoms with Crippen molar-refractivity contribution in [3.05, 3.63) is 0 Å². The van der Waals surface area contributed by atoms with Crippen LogP contribution in [0.1, 0.15) is 19.8 Å². The largest absolute Gasteiger partial charge is 0.379 e. The molecule has 0 aliphatic carbocycles. The number of carbonyl (C=O) groups is 1. The number of hydrogen-bond donors (Lipinski definition) is 3. The Labute approximate surface area is 77.3 Å². The molecule has 1 heterocycles. The van der Waals surface area contributed by atoms with Gasteiger partial charge < -0.3 is 10.0 Å². The molecule has 5 heteroatoms. The summed E-state index contributed by atoms with van der Waals surface area (Å²) in [6.07, 6.45) is 1.74. The second-order valence-electron chi connectivity index (χ2n) is 3.73. The first kappa shape index (κ1) is 10.4. The third-order valence-corrected chi connectivity index (χ3v) is 2.73. The number of nitrogens with zero attached hydrogens (tertiary/aromatic N) is 1. The van der Waals surface area contributed by atoms with Crippen LogP contribution in [0.4, 0.5) is 0 Å². The summed E-state index contributed by atoms with van der Waals surface area (Å²) in [6, 6.07) is -0.209. The van der Waals surface area contributed by atoms with Crippen molar-refractivity contribution < 1.29 is 15.1 Å². The molecule has 0 aromatic rings. The van der Waals surface area contributed by atoms with E-state index in [0.29, 0.717) is 0 Å². The van der Waals surface area contributed by atoms with Crippen molar-refractivity contribution in [2.75, 3.05) is 13.6 Å². The zero-order chi connectivity index (χ0) is 10.1. The summed E-state index contributed by atoms with van der Waals surface area (Å²) in [5.74, 6) is -0.744. The zero-order valence-corrected chi connectivity index (χ0v) is 7.95. The molecule has 13 heavy (non-hydrogen) atoms. The molecule has 0 bridgehead atoms. The fourth-order valence-corrected chi connectivity index (χ4v) is 1.88. The number of nitrogens with one attached hydrogen (secondary N) is 1. The van der Waals surface area contributed by atoms with Gasteiger partial charge in [0, 0.05) is 6.04 Å². The summed E-state index contributed by atoms with van der Waals surface area (Å²) in [5.41, 5.74) is -0.0268. The molecule has 2 unspecified atom stereocenters. The highest BCUT2D eigenvalue weighted by atomic mass is 16.5. The van der Waals surface area contributed by atoms with Crippen molar-refractivity contribution in [2.24, 2.45) is 0 Å². The van der Waals surface area contributed by atoms with Gasteiger partial charge in [-0.05, 0) is 33.4 Å². The van der Waals surface area contributed by atoms with Crippen LogP contribution < -0.4 is 5.48 Å². The Kier molecular flexibility index (Phi) is 2.90. The second-order valence-corrected chi connectivity index (χ2v) is 3.73. The molecule has 0 aromatic heterocycles. The lowest BCUT2D eigenvalue weighted by Gasteiger charge is -2.32. The van der Waals surface area contributed by atoms with Crippen LogP contribution in [0.15, 0.2) is 0 Å². The average molecular weight is 188 g/mol. The van der Waals surface area contributed by atoms with E-state index in [-0.39, 0.29) is 6.04 Å². The van der Waals surface area contributed by atoms with Gasteiger partial charge in [0.1, 0.15) is 0 Å². The maximum absolute atomic E-state index is 11.1. The summed E-state index contributed by atoms with van der Waals surface area (Å²) >= 11 is 0. The smallest absolute Gasteiger partial charge is 0.276 e. The van der Waals surface area contributed by atoms with Crippen LogP contribution >= 0.6 is 0 Å². The Morgan fingerprint density at radius 3 is 2.69 bits per heavy atom. The maximum atomic E-state index is 11.1. The summed E-state index contributed by atoms with van der Waals surface area (Å²) in [5, 5.41) is 18.3. The molecule has 0 saturated carbocycles. The number of hydrogen-bond acceptors (Lipinski definition) is 4. The predicted octanol–water partition coefficient (Wildman–Crippen LogP) is -0.663. The molecule has 0 radical (unpaired) electrons. The molecule has 2 atom stereocenters. The van der Waals surface area contributed by atoms with Crippen LogP contribution in [0.25, 0.3) is 0 Å². The van der Waals surface area contributed by atoms with Crippen molar-refractivity contribution in [1.82, 2.24) is 10.4 Å². The van der Waals surface area contributed by atoms with Gasteiger partial charge in [0.15, 0.2) is 5.60 Å². The van der Waals surface area contributed by atoms with E-state index in [2.05, 4.69) is 0 Å². The minimum Gasteiger partial charge on any atom is -0.379 e. The van der Waals surface area contributed by atoms with Crippen molar-refractivity contribution >= 4 is 5.91 Å². The summed E-state index contributed by atoms with van der Waals surface area (Å²) in [7, 11) is 1.86. The van der Waals surface area contributed by atoms with Gasteiger partial charge in [-0.2, -0.15) is 0 Å². The van der Waals surface area contributed by atoms with E-state index in [0.717, 1.165) is 19.4 Å². The Morgan fingerprint density at radius 1 is 1.69 bits per heavy atom. The Bertz CT molecular complexity index is 206. The lowest BCUT2D eigenvalue weighted by atomic mass is 9.94. The van der Waals surface area contributed by atoms with E-state index in [4.69, 9.17) is 5.21 Å². The maximum Gasteiger partial charge on any atom is 0.276 e. The van der Waals surface area contributed by atoms with E-state index >= 15 is 0 Å². The first-order chi connectivity index (χ1) is 6.00. The Balaban J connectivity index is 2.73. The molecular weight excluding hydrogens is 172 g/mol. The molecule has 1 saturated heterocycles. The highest BCUT2D eigenvalue weighted by Gasteiger charge is 2.43. The number of amides is 1. The van der Waals surface area contributed by atoms with Crippen molar-refractivity contribution in [3.8, 4) is 0 Å². The first-order valence-corrected chi connectivity index (χ1v) is 4.37. The quantitative estimate of drug-likeness (QED) is 0.397. The number of rotatable bonds is 2. The van der Waals surface area contributed by atoms with E-state index in [9.17, 15) is 9.90 Å². The summed E-state index contributed by atoms with van der Waals surface area (Å²) < 4.78 is 0. The monoisotopic (exact) mass is 188 g/mol. The molecule has 1 amide bonds. The van der Waals surface area contributed by atoms with E-state index in [1.54, 1.807) is 0 Å². The highest BCUT2D eigenvalue weighted by molar-refractivity contribution is 5.84. The Morgan fingerprint density at radius 2 is 2.31 bits per heavy atom. The van der Waals surface area contributed by atoms with Gasteiger partial charge >= 0.3 is 0 Å². The normalized spacial score (nSPS) is 28.5. The average Bonchev–Trinajstić information content (AvgIpc) is 2.50. The van der Waals surface area contributed by atoms with Crippen molar-refractivity contribution in [3.63, 3.8) is 0 Å². The predicted molar refractivity (Wildman–Crippen MR) is 46.2 cm³/mol. The van der Waals surface area contributed by atoms with Crippen LogP contribution in [0.3, 0.4) is 0 Å². The fraction of sp³-hybridized carbons (Fsp3) is 0.875. The second kappa shape index (κ2) is 3.61. The molecule has 76 valence electrons. The molecule has 1 rings (SSSR count). The third kappa shape index (κ3) is 1.82. The van der Waals surface area contributed by atoms with Crippen LogP contribution in [0, 0.1) is 0 Å². The minimum atomic E-state index is -1.51. The van der Waals surface area contributed by atoms with Gasteiger partial charge in [0.2, 0.25) is 0 Å². The van der Waals surface area contributed by atoms with Gasteiger partial charge in [0.05, 0.1) is 0 Å². The van der Waals surface area contributed by atoms with Crippen LogP contribution in [0.2, 0.25) is 0 Å². The lowest BCUT2D eigenvalue weighted by Crippen LogP contribution is -2.55. The SMILES string of the molecule is CN1CCCC1C(C)(O)C(=O)NO. The van der Waals surface area contributed by atoms with E-state index in [1.165, 1.54) is 12.4 Å². The molecule has 1 aliphatic rings. The molecule has 0 aromatic carbocycles. The number of hydroxylamine groups is 1. The van der Waals surface area contributed by atoms with Gasteiger partial charge in [0.25, 0.3) is 5.91 Å². The van der Waals surface area contributed by atoms with Crippen molar-refractivity contribution in [1.29, 1.82) is 0 Å². The number of carbonyl (C=O) groups excluding carboxylic acids is 1. The van der Waals surface area contributed by atoms with Gasteiger partial charge in [-0.3, -0.25) is 10.0 Å². The topological polar surface area (TPSA) is 72.8 Å². The first-order valence-electron chi connectivity index (χ1n) is 4.37. The van der Waals surface area contributed by atoms with Gasteiger partial charge in [-0.1, -0.05) is 0 Å². The molecule has 0 spiro atoms. The third-order valence-electron chi connectivity index (χ3n) is 2.73. The fourth-order valence-electron chi connectivity index (χ4n) is 1.88. The van der Waals surface area contributed by atoms with Crippen molar-refractivity contribution in [2.45, 2.75) is 31.4 Å². The zero-order valence-electron chi connectivity index (χ0n) is 7.95. The van der Waals surface area contributed by atoms with Crippen LogP contribution in [-0.4, -0.2) is 46.4 Å².